The molecular weight excluding hydrogens is 406 g/mol. The lowest BCUT2D eigenvalue weighted by molar-refractivity contribution is -0.145. The van der Waals surface area contributed by atoms with Crippen molar-refractivity contribution in [3.63, 3.8) is 0 Å². The normalized spacial score (nSPS) is 15.8. The first-order chi connectivity index (χ1) is 15.0. The maximum absolute atomic E-state index is 13.4. The Balaban J connectivity index is 1.85. The Morgan fingerprint density at radius 1 is 1.00 bits per heavy atom. The van der Waals surface area contributed by atoms with Gasteiger partial charge in [-0.25, -0.2) is 0 Å². The molecule has 2 aromatic rings. The van der Waals surface area contributed by atoms with Crippen molar-refractivity contribution in [3.05, 3.63) is 64.7 Å². The molecule has 0 spiro atoms. The summed E-state index contributed by atoms with van der Waals surface area (Å²) in [7, 11) is 1.53. The molecular formula is C25H29N3O4. The SMILES string of the molecule is CC[C@](C)(C(=O)Nc1c(C)cccc1C)N(C)C(=O)[C@@H](C)N1C(=O)c2ccccc2C1=O. The van der Waals surface area contributed by atoms with Crippen LogP contribution in [0, 0.1) is 13.8 Å². The quantitative estimate of drug-likeness (QED) is 0.703. The molecule has 0 unspecified atom stereocenters. The number of amides is 4. The summed E-state index contributed by atoms with van der Waals surface area (Å²) in [5.74, 6) is -1.82. The van der Waals surface area contributed by atoms with Crippen LogP contribution < -0.4 is 5.32 Å². The van der Waals surface area contributed by atoms with Crippen molar-refractivity contribution in [2.24, 2.45) is 0 Å². The highest BCUT2D eigenvalue weighted by Gasteiger charge is 2.45. The van der Waals surface area contributed by atoms with Gasteiger partial charge in [0.2, 0.25) is 11.8 Å². The van der Waals surface area contributed by atoms with E-state index in [1.807, 2.05) is 39.0 Å². The number of nitrogens with zero attached hydrogens (tertiary/aromatic N) is 2. The molecule has 32 heavy (non-hydrogen) atoms. The molecule has 1 aliphatic heterocycles. The zero-order valence-corrected chi connectivity index (χ0v) is 19.4. The van der Waals surface area contributed by atoms with E-state index in [1.165, 1.54) is 18.9 Å². The molecule has 0 saturated carbocycles. The number of nitrogens with one attached hydrogen (secondary N) is 1. The van der Waals surface area contributed by atoms with Gasteiger partial charge in [0.15, 0.2) is 0 Å². The molecule has 0 fully saturated rings. The fraction of sp³-hybridized carbons (Fsp3) is 0.360. The highest BCUT2D eigenvalue weighted by molar-refractivity contribution is 6.22. The van der Waals surface area contributed by atoms with Crippen LogP contribution in [-0.4, -0.2) is 52.1 Å². The van der Waals surface area contributed by atoms with E-state index in [0.717, 1.165) is 16.0 Å². The number of benzene rings is 2. The molecule has 4 amide bonds. The molecule has 0 aromatic heterocycles. The van der Waals surface area contributed by atoms with Gasteiger partial charge in [-0.1, -0.05) is 37.3 Å². The summed E-state index contributed by atoms with van der Waals surface area (Å²) < 4.78 is 0. The van der Waals surface area contributed by atoms with E-state index in [-0.39, 0.29) is 17.0 Å². The van der Waals surface area contributed by atoms with Crippen LogP contribution in [0.25, 0.3) is 0 Å². The summed E-state index contributed by atoms with van der Waals surface area (Å²) in [6.07, 6.45) is 0.348. The third kappa shape index (κ3) is 3.68. The van der Waals surface area contributed by atoms with Crippen molar-refractivity contribution < 1.29 is 19.2 Å². The number of carbonyl (C=O) groups is 4. The summed E-state index contributed by atoms with van der Waals surface area (Å²) in [4.78, 5) is 54.6. The first-order valence-electron chi connectivity index (χ1n) is 10.7. The Morgan fingerprint density at radius 3 is 1.97 bits per heavy atom. The maximum atomic E-state index is 13.4. The molecule has 0 aliphatic carbocycles. The third-order valence-corrected chi connectivity index (χ3v) is 6.54. The number of imide groups is 1. The third-order valence-electron chi connectivity index (χ3n) is 6.54. The summed E-state index contributed by atoms with van der Waals surface area (Å²) >= 11 is 0. The highest BCUT2D eigenvalue weighted by Crippen LogP contribution is 2.28. The molecule has 7 nitrogen and oxygen atoms in total. The van der Waals surface area contributed by atoms with E-state index >= 15 is 0 Å². The van der Waals surface area contributed by atoms with Crippen LogP contribution in [0.15, 0.2) is 42.5 Å². The second kappa shape index (κ2) is 8.57. The Hall–Kier alpha value is -3.48. The minimum Gasteiger partial charge on any atom is -0.330 e. The van der Waals surface area contributed by atoms with Gasteiger partial charge >= 0.3 is 0 Å². The Bertz CT molecular complexity index is 1050. The maximum Gasteiger partial charge on any atom is 0.262 e. The minimum absolute atomic E-state index is 0.283. The molecule has 2 aromatic carbocycles. The summed E-state index contributed by atoms with van der Waals surface area (Å²) in [6.45, 7) is 8.83. The van der Waals surface area contributed by atoms with Crippen molar-refractivity contribution in [1.29, 1.82) is 0 Å². The molecule has 1 N–H and O–H groups in total. The topological polar surface area (TPSA) is 86.8 Å². The molecule has 0 saturated heterocycles. The van der Waals surface area contributed by atoms with E-state index < -0.39 is 29.3 Å². The van der Waals surface area contributed by atoms with E-state index in [2.05, 4.69) is 5.32 Å². The van der Waals surface area contributed by atoms with Crippen molar-refractivity contribution >= 4 is 29.3 Å². The summed E-state index contributed by atoms with van der Waals surface area (Å²) in [5.41, 5.74) is 1.94. The van der Waals surface area contributed by atoms with Gasteiger partial charge in [0.05, 0.1) is 11.1 Å². The average molecular weight is 436 g/mol. The number of rotatable bonds is 6. The van der Waals surface area contributed by atoms with Crippen LogP contribution in [0.1, 0.15) is 59.0 Å². The van der Waals surface area contributed by atoms with Gasteiger partial charge in [0, 0.05) is 12.7 Å². The molecule has 1 aliphatic rings. The smallest absolute Gasteiger partial charge is 0.262 e. The molecule has 168 valence electrons. The van der Waals surface area contributed by atoms with Gasteiger partial charge in [-0.05, 0) is 57.4 Å². The number of anilines is 1. The van der Waals surface area contributed by atoms with Gasteiger partial charge in [-0.2, -0.15) is 0 Å². The lowest BCUT2D eigenvalue weighted by Crippen LogP contribution is -2.59. The highest BCUT2D eigenvalue weighted by atomic mass is 16.2. The molecule has 2 atom stereocenters. The zero-order valence-electron chi connectivity index (χ0n) is 19.4. The van der Waals surface area contributed by atoms with Gasteiger partial charge in [0.25, 0.3) is 11.8 Å². The molecule has 0 bridgehead atoms. The van der Waals surface area contributed by atoms with Crippen LogP contribution in [0.4, 0.5) is 5.69 Å². The van der Waals surface area contributed by atoms with Crippen LogP contribution in [0.2, 0.25) is 0 Å². The first-order valence-corrected chi connectivity index (χ1v) is 10.7. The van der Waals surface area contributed by atoms with Crippen molar-refractivity contribution in [2.75, 3.05) is 12.4 Å². The van der Waals surface area contributed by atoms with Crippen molar-refractivity contribution in [3.8, 4) is 0 Å². The van der Waals surface area contributed by atoms with Crippen LogP contribution in [0.3, 0.4) is 0 Å². The average Bonchev–Trinajstić information content (AvgIpc) is 3.04. The number of likely N-dealkylation sites (N-methyl/N-ethyl adjacent to an activating group) is 1. The van der Waals surface area contributed by atoms with Gasteiger partial charge in [-0.15, -0.1) is 0 Å². The predicted molar refractivity (Wildman–Crippen MR) is 122 cm³/mol. The number of aryl methyl sites for hydroxylation is 2. The number of carbonyl (C=O) groups excluding carboxylic acids is 4. The zero-order chi connectivity index (χ0) is 23.8. The molecule has 0 radical (unpaired) electrons. The fourth-order valence-corrected chi connectivity index (χ4v) is 4.00. The fourth-order valence-electron chi connectivity index (χ4n) is 4.00. The van der Waals surface area contributed by atoms with Gasteiger partial charge in [0.1, 0.15) is 11.6 Å². The molecule has 3 rings (SSSR count). The monoisotopic (exact) mass is 435 g/mol. The second-order valence-electron chi connectivity index (χ2n) is 8.45. The lowest BCUT2D eigenvalue weighted by atomic mass is 9.94. The Kier molecular flexibility index (Phi) is 6.21. The van der Waals surface area contributed by atoms with Crippen LogP contribution in [-0.2, 0) is 9.59 Å². The summed E-state index contributed by atoms with van der Waals surface area (Å²) in [6, 6.07) is 11.2. The van der Waals surface area contributed by atoms with Gasteiger partial charge < -0.3 is 10.2 Å². The van der Waals surface area contributed by atoms with Crippen LogP contribution >= 0.6 is 0 Å². The van der Waals surface area contributed by atoms with Crippen molar-refractivity contribution in [2.45, 2.75) is 52.6 Å². The number of fused-ring (bicyclic) bond motifs is 1. The van der Waals surface area contributed by atoms with Crippen molar-refractivity contribution in [1.82, 2.24) is 9.80 Å². The number of hydrogen-bond acceptors (Lipinski definition) is 4. The van der Waals surface area contributed by atoms with E-state index in [0.29, 0.717) is 12.1 Å². The van der Waals surface area contributed by atoms with E-state index in [9.17, 15) is 19.2 Å². The second-order valence-corrected chi connectivity index (χ2v) is 8.45. The standard InChI is InChI=1S/C25H29N3O4/c1-7-25(5,24(32)26-20-15(2)11-10-12-16(20)3)27(6)21(29)17(4)28-22(30)18-13-8-9-14-19(18)23(28)31/h8-14,17H,7H2,1-6H3,(H,26,32)/t17-,25-/m1/s1. The van der Waals surface area contributed by atoms with E-state index in [4.69, 9.17) is 0 Å². The number of para-hydroxylation sites is 1. The number of hydrogen-bond donors (Lipinski definition) is 1. The Labute approximate surface area is 188 Å². The van der Waals surface area contributed by atoms with Crippen LogP contribution in [0.5, 0.6) is 0 Å². The summed E-state index contributed by atoms with van der Waals surface area (Å²) in [5, 5.41) is 2.97. The van der Waals surface area contributed by atoms with Gasteiger partial charge in [-0.3, -0.25) is 24.1 Å². The first kappa shape index (κ1) is 23.2. The minimum atomic E-state index is -1.18. The molecule has 7 heteroatoms. The Morgan fingerprint density at radius 2 is 1.50 bits per heavy atom. The predicted octanol–water partition coefficient (Wildman–Crippen LogP) is 3.55. The molecule has 1 heterocycles. The largest absolute Gasteiger partial charge is 0.330 e. The lowest BCUT2D eigenvalue weighted by Gasteiger charge is -2.39. The van der Waals surface area contributed by atoms with E-state index in [1.54, 1.807) is 31.2 Å².